The second-order valence-corrected chi connectivity index (χ2v) is 4.47. The van der Waals surface area contributed by atoms with E-state index in [1.165, 1.54) is 0 Å². The molecule has 100 valence electrons. The Bertz CT molecular complexity index is 362. The number of urea groups is 1. The summed E-state index contributed by atoms with van der Waals surface area (Å²) in [6.07, 6.45) is 4.02. The molecular weight excluding hydrogens is 228 g/mol. The van der Waals surface area contributed by atoms with Gasteiger partial charge in [-0.15, -0.1) is 0 Å². The van der Waals surface area contributed by atoms with Gasteiger partial charge in [-0.05, 0) is 32.4 Å². The Hall–Kier alpha value is -1.78. The molecule has 2 amide bonds. The topological polar surface area (TPSA) is 66.0 Å². The Kier molecular flexibility index (Phi) is 5.97. The van der Waals surface area contributed by atoms with Crippen LogP contribution in [-0.2, 0) is 0 Å². The highest BCUT2D eigenvalue weighted by Gasteiger charge is 2.03. The number of hydrogen-bond acceptors (Lipinski definition) is 3. The standard InChI is InChI=1S/C13H22N4O/c1-4-5-8-14-11-6-7-12(15-9-11)17-13(18)16-10(2)3/h6-7,9-10,14H,4-5,8H2,1-3H3,(H2,15,16,17,18). The van der Waals surface area contributed by atoms with Crippen molar-refractivity contribution in [2.45, 2.75) is 39.7 Å². The van der Waals surface area contributed by atoms with Crippen LogP contribution in [0.1, 0.15) is 33.6 Å². The van der Waals surface area contributed by atoms with Crippen LogP contribution in [-0.4, -0.2) is 23.6 Å². The molecule has 0 aromatic carbocycles. The maximum absolute atomic E-state index is 11.4. The van der Waals surface area contributed by atoms with Crippen molar-refractivity contribution in [2.24, 2.45) is 0 Å². The summed E-state index contributed by atoms with van der Waals surface area (Å²) < 4.78 is 0. The predicted octanol–water partition coefficient (Wildman–Crippen LogP) is 2.82. The monoisotopic (exact) mass is 250 g/mol. The number of anilines is 2. The molecule has 0 unspecified atom stereocenters. The zero-order valence-electron chi connectivity index (χ0n) is 11.3. The fourth-order valence-electron chi connectivity index (χ4n) is 1.40. The van der Waals surface area contributed by atoms with Crippen LogP contribution in [0.3, 0.4) is 0 Å². The molecule has 3 N–H and O–H groups in total. The van der Waals surface area contributed by atoms with Crippen LogP contribution < -0.4 is 16.0 Å². The fraction of sp³-hybridized carbons (Fsp3) is 0.538. The van der Waals surface area contributed by atoms with Gasteiger partial charge in [0.05, 0.1) is 11.9 Å². The molecule has 0 aliphatic rings. The summed E-state index contributed by atoms with van der Waals surface area (Å²) in [5.74, 6) is 0.550. The molecule has 1 heterocycles. The van der Waals surface area contributed by atoms with Crippen molar-refractivity contribution in [3.05, 3.63) is 18.3 Å². The molecule has 1 rings (SSSR count). The van der Waals surface area contributed by atoms with Crippen molar-refractivity contribution < 1.29 is 4.79 Å². The Labute approximate surface area is 108 Å². The van der Waals surface area contributed by atoms with Crippen molar-refractivity contribution >= 4 is 17.5 Å². The zero-order chi connectivity index (χ0) is 13.4. The summed E-state index contributed by atoms with van der Waals surface area (Å²) in [6.45, 7) is 6.92. The van der Waals surface area contributed by atoms with Crippen molar-refractivity contribution in [1.29, 1.82) is 0 Å². The number of unbranched alkanes of at least 4 members (excludes halogenated alkanes) is 1. The van der Waals surface area contributed by atoms with Gasteiger partial charge in [0.1, 0.15) is 5.82 Å². The minimum atomic E-state index is -0.232. The molecule has 0 spiro atoms. The number of carbonyl (C=O) groups excluding carboxylic acids is 1. The highest BCUT2D eigenvalue weighted by atomic mass is 16.2. The lowest BCUT2D eigenvalue weighted by Crippen LogP contribution is -2.34. The molecule has 1 aromatic rings. The number of nitrogens with zero attached hydrogens (tertiary/aromatic N) is 1. The lowest BCUT2D eigenvalue weighted by atomic mass is 10.3. The number of rotatable bonds is 6. The zero-order valence-corrected chi connectivity index (χ0v) is 11.3. The average Bonchev–Trinajstić information content (AvgIpc) is 2.30. The molecule has 0 aliphatic carbocycles. The quantitative estimate of drug-likeness (QED) is 0.680. The Morgan fingerprint density at radius 3 is 2.72 bits per heavy atom. The molecule has 0 fully saturated rings. The predicted molar refractivity (Wildman–Crippen MR) is 74.9 cm³/mol. The summed E-state index contributed by atoms with van der Waals surface area (Å²) in [5, 5.41) is 8.69. The molecular formula is C13H22N4O. The van der Waals surface area contributed by atoms with E-state index in [4.69, 9.17) is 0 Å². The molecule has 0 radical (unpaired) electrons. The van der Waals surface area contributed by atoms with Crippen molar-refractivity contribution in [1.82, 2.24) is 10.3 Å². The van der Waals surface area contributed by atoms with E-state index >= 15 is 0 Å². The van der Waals surface area contributed by atoms with E-state index in [9.17, 15) is 4.79 Å². The van der Waals surface area contributed by atoms with Crippen LogP contribution >= 0.6 is 0 Å². The van der Waals surface area contributed by atoms with E-state index in [2.05, 4.69) is 27.9 Å². The number of carbonyl (C=O) groups is 1. The first-order valence-electron chi connectivity index (χ1n) is 6.39. The average molecular weight is 250 g/mol. The highest BCUT2D eigenvalue weighted by molar-refractivity contribution is 5.88. The summed E-state index contributed by atoms with van der Waals surface area (Å²) in [6, 6.07) is 3.58. The Morgan fingerprint density at radius 2 is 2.17 bits per heavy atom. The maximum Gasteiger partial charge on any atom is 0.320 e. The molecule has 5 heteroatoms. The smallest absolute Gasteiger partial charge is 0.320 e. The first-order valence-corrected chi connectivity index (χ1v) is 6.39. The normalized spacial score (nSPS) is 10.2. The van der Waals surface area contributed by atoms with Crippen LogP contribution in [0, 0.1) is 0 Å². The van der Waals surface area contributed by atoms with Crippen LogP contribution in [0.25, 0.3) is 0 Å². The summed E-state index contributed by atoms with van der Waals surface area (Å²) in [5.41, 5.74) is 0.971. The van der Waals surface area contributed by atoms with Gasteiger partial charge in [-0.3, -0.25) is 5.32 Å². The van der Waals surface area contributed by atoms with Crippen LogP contribution in [0.4, 0.5) is 16.3 Å². The molecule has 0 atom stereocenters. The SMILES string of the molecule is CCCCNc1ccc(NC(=O)NC(C)C)nc1. The molecule has 0 saturated heterocycles. The number of amides is 2. The van der Waals surface area contributed by atoms with Crippen LogP contribution in [0.5, 0.6) is 0 Å². The van der Waals surface area contributed by atoms with Crippen molar-refractivity contribution in [3.8, 4) is 0 Å². The van der Waals surface area contributed by atoms with Gasteiger partial charge in [-0.25, -0.2) is 9.78 Å². The lowest BCUT2D eigenvalue weighted by Gasteiger charge is -2.10. The Balaban J connectivity index is 2.42. The molecule has 0 saturated carbocycles. The third kappa shape index (κ3) is 5.52. The number of pyridine rings is 1. The van der Waals surface area contributed by atoms with Gasteiger partial charge in [0.2, 0.25) is 0 Å². The van der Waals surface area contributed by atoms with E-state index < -0.39 is 0 Å². The number of hydrogen-bond donors (Lipinski definition) is 3. The second-order valence-electron chi connectivity index (χ2n) is 4.47. The van der Waals surface area contributed by atoms with E-state index in [-0.39, 0.29) is 12.1 Å². The van der Waals surface area contributed by atoms with E-state index in [1.807, 2.05) is 19.9 Å². The van der Waals surface area contributed by atoms with E-state index in [0.29, 0.717) is 5.82 Å². The molecule has 1 aromatic heterocycles. The first kappa shape index (κ1) is 14.3. The minimum Gasteiger partial charge on any atom is -0.384 e. The third-order valence-electron chi connectivity index (χ3n) is 2.28. The number of nitrogens with one attached hydrogen (secondary N) is 3. The third-order valence-corrected chi connectivity index (χ3v) is 2.28. The van der Waals surface area contributed by atoms with Gasteiger partial charge in [0.25, 0.3) is 0 Å². The van der Waals surface area contributed by atoms with Gasteiger partial charge in [0, 0.05) is 12.6 Å². The maximum atomic E-state index is 11.4. The molecule has 5 nitrogen and oxygen atoms in total. The lowest BCUT2D eigenvalue weighted by molar-refractivity contribution is 0.250. The molecule has 18 heavy (non-hydrogen) atoms. The summed E-state index contributed by atoms with van der Waals surface area (Å²) >= 11 is 0. The summed E-state index contributed by atoms with van der Waals surface area (Å²) in [7, 11) is 0. The number of aromatic nitrogens is 1. The summed E-state index contributed by atoms with van der Waals surface area (Å²) in [4.78, 5) is 15.6. The van der Waals surface area contributed by atoms with Gasteiger partial charge < -0.3 is 10.6 Å². The second kappa shape index (κ2) is 7.53. The van der Waals surface area contributed by atoms with Crippen LogP contribution in [0.15, 0.2) is 18.3 Å². The minimum absolute atomic E-state index is 0.111. The van der Waals surface area contributed by atoms with Gasteiger partial charge in [-0.2, -0.15) is 0 Å². The van der Waals surface area contributed by atoms with Gasteiger partial charge >= 0.3 is 6.03 Å². The van der Waals surface area contributed by atoms with E-state index in [1.54, 1.807) is 12.3 Å². The highest BCUT2D eigenvalue weighted by Crippen LogP contribution is 2.09. The van der Waals surface area contributed by atoms with Gasteiger partial charge in [-0.1, -0.05) is 13.3 Å². The van der Waals surface area contributed by atoms with Crippen molar-refractivity contribution in [3.63, 3.8) is 0 Å². The first-order chi connectivity index (χ1) is 8.61. The Morgan fingerprint density at radius 1 is 1.39 bits per heavy atom. The van der Waals surface area contributed by atoms with Gasteiger partial charge in [0.15, 0.2) is 0 Å². The fourth-order valence-corrected chi connectivity index (χ4v) is 1.40. The van der Waals surface area contributed by atoms with E-state index in [0.717, 1.165) is 25.1 Å². The van der Waals surface area contributed by atoms with Crippen LogP contribution in [0.2, 0.25) is 0 Å². The molecule has 0 aliphatic heterocycles. The largest absolute Gasteiger partial charge is 0.384 e. The van der Waals surface area contributed by atoms with Crippen molar-refractivity contribution in [2.75, 3.05) is 17.2 Å². The molecule has 0 bridgehead atoms.